The summed E-state index contributed by atoms with van der Waals surface area (Å²) in [6, 6.07) is 7.63. The van der Waals surface area contributed by atoms with Crippen molar-refractivity contribution in [3.05, 3.63) is 29.8 Å². The second-order valence-electron chi connectivity index (χ2n) is 3.64. The van der Waals surface area contributed by atoms with Gasteiger partial charge in [-0.05, 0) is 17.7 Å². The number of aldehydes is 1. The van der Waals surface area contributed by atoms with Gasteiger partial charge in [-0.3, -0.25) is 0 Å². The Morgan fingerprint density at radius 1 is 1.24 bits per heavy atom. The van der Waals surface area contributed by atoms with Crippen LogP contribution in [-0.4, -0.2) is 33.2 Å². The minimum atomic E-state index is -0.181. The molecule has 0 fully saturated rings. The van der Waals surface area contributed by atoms with Crippen molar-refractivity contribution in [3.63, 3.8) is 0 Å². The summed E-state index contributed by atoms with van der Waals surface area (Å²) in [5, 5.41) is 0. The van der Waals surface area contributed by atoms with Crippen molar-refractivity contribution < 1.29 is 19.0 Å². The molecule has 0 radical (unpaired) electrons. The molecule has 0 bridgehead atoms. The molecule has 0 saturated carbocycles. The van der Waals surface area contributed by atoms with Gasteiger partial charge >= 0.3 is 0 Å². The second-order valence-corrected chi connectivity index (χ2v) is 3.64. The SMILES string of the molecule is COC[C@@H](CC=O)OCc1ccc(OC)cc1. The van der Waals surface area contributed by atoms with Gasteiger partial charge in [0.25, 0.3) is 0 Å². The summed E-state index contributed by atoms with van der Waals surface area (Å²) < 4.78 is 15.6. The van der Waals surface area contributed by atoms with Gasteiger partial charge in [0.15, 0.2) is 0 Å². The number of benzene rings is 1. The molecule has 0 N–H and O–H groups in total. The van der Waals surface area contributed by atoms with Crippen molar-refractivity contribution in [1.82, 2.24) is 0 Å². The summed E-state index contributed by atoms with van der Waals surface area (Å²) in [4.78, 5) is 10.4. The highest BCUT2D eigenvalue weighted by molar-refractivity contribution is 5.50. The molecule has 0 saturated heterocycles. The molecule has 1 aromatic carbocycles. The monoisotopic (exact) mass is 238 g/mol. The first-order valence-electron chi connectivity index (χ1n) is 5.47. The smallest absolute Gasteiger partial charge is 0.122 e. The Morgan fingerprint density at radius 3 is 2.47 bits per heavy atom. The van der Waals surface area contributed by atoms with Crippen LogP contribution in [0, 0.1) is 0 Å². The molecule has 1 aromatic rings. The van der Waals surface area contributed by atoms with Gasteiger partial charge in [0, 0.05) is 13.5 Å². The maximum absolute atomic E-state index is 10.4. The molecule has 4 nitrogen and oxygen atoms in total. The summed E-state index contributed by atoms with van der Waals surface area (Å²) in [5.74, 6) is 0.815. The van der Waals surface area contributed by atoms with Crippen LogP contribution in [0.4, 0.5) is 0 Å². The fourth-order valence-corrected chi connectivity index (χ4v) is 1.41. The fraction of sp³-hybridized carbons (Fsp3) is 0.462. The fourth-order valence-electron chi connectivity index (χ4n) is 1.41. The molecule has 1 rings (SSSR count). The third-order valence-electron chi connectivity index (χ3n) is 2.36. The second kappa shape index (κ2) is 7.81. The van der Waals surface area contributed by atoms with Gasteiger partial charge in [0.2, 0.25) is 0 Å². The number of hydrogen-bond acceptors (Lipinski definition) is 4. The first kappa shape index (κ1) is 13.7. The molecule has 1 atom stereocenters. The molecular formula is C13H18O4. The van der Waals surface area contributed by atoms with Crippen molar-refractivity contribution >= 4 is 6.29 Å². The Balaban J connectivity index is 2.43. The Hall–Kier alpha value is -1.39. The van der Waals surface area contributed by atoms with E-state index in [1.54, 1.807) is 14.2 Å². The molecule has 0 heterocycles. The third kappa shape index (κ3) is 4.97. The van der Waals surface area contributed by atoms with Gasteiger partial charge in [0.05, 0.1) is 26.4 Å². The van der Waals surface area contributed by atoms with Gasteiger partial charge in [-0.15, -0.1) is 0 Å². The average molecular weight is 238 g/mol. The Bertz CT molecular complexity index is 321. The van der Waals surface area contributed by atoms with E-state index in [1.807, 2.05) is 24.3 Å². The van der Waals surface area contributed by atoms with Crippen LogP contribution in [0.15, 0.2) is 24.3 Å². The molecule has 0 spiro atoms. The molecule has 0 unspecified atom stereocenters. The lowest BCUT2D eigenvalue weighted by atomic mass is 10.2. The number of carbonyl (C=O) groups is 1. The Morgan fingerprint density at radius 2 is 1.94 bits per heavy atom. The number of hydrogen-bond donors (Lipinski definition) is 0. The topological polar surface area (TPSA) is 44.8 Å². The normalized spacial score (nSPS) is 12.1. The van der Waals surface area contributed by atoms with E-state index in [0.29, 0.717) is 19.6 Å². The summed E-state index contributed by atoms with van der Waals surface area (Å²) in [6.45, 7) is 0.890. The molecular weight excluding hydrogens is 220 g/mol. The van der Waals surface area contributed by atoms with Gasteiger partial charge in [0.1, 0.15) is 12.0 Å². The molecule has 0 aliphatic rings. The number of rotatable bonds is 8. The molecule has 0 aromatic heterocycles. The van der Waals surface area contributed by atoms with E-state index in [1.165, 1.54) is 0 Å². The Kier molecular flexibility index (Phi) is 6.29. The highest BCUT2D eigenvalue weighted by Crippen LogP contribution is 2.13. The first-order valence-corrected chi connectivity index (χ1v) is 5.47. The van der Waals surface area contributed by atoms with Crippen LogP contribution in [0.1, 0.15) is 12.0 Å². The van der Waals surface area contributed by atoms with Crippen LogP contribution in [0.2, 0.25) is 0 Å². The van der Waals surface area contributed by atoms with Crippen LogP contribution >= 0.6 is 0 Å². The predicted octanol–water partition coefficient (Wildman–Crippen LogP) is 1.82. The highest BCUT2D eigenvalue weighted by Gasteiger charge is 2.08. The van der Waals surface area contributed by atoms with Crippen molar-refractivity contribution in [2.24, 2.45) is 0 Å². The molecule has 0 aliphatic carbocycles. The van der Waals surface area contributed by atoms with E-state index < -0.39 is 0 Å². The van der Waals surface area contributed by atoms with E-state index in [9.17, 15) is 4.79 Å². The number of ether oxygens (including phenoxy) is 3. The van der Waals surface area contributed by atoms with Gasteiger partial charge in [-0.2, -0.15) is 0 Å². The zero-order valence-electron chi connectivity index (χ0n) is 10.2. The zero-order chi connectivity index (χ0) is 12.5. The first-order chi connectivity index (χ1) is 8.30. The quantitative estimate of drug-likeness (QED) is 0.648. The van der Waals surface area contributed by atoms with Crippen LogP contribution in [0.5, 0.6) is 5.75 Å². The van der Waals surface area contributed by atoms with E-state index in [2.05, 4.69) is 0 Å². The molecule has 0 aliphatic heterocycles. The van der Waals surface area contributed by atoms with E-state index in [0.717, 1.165) is 17.6 Å². The van der Waals surface area contributed by atoms with E-state index in [-0.39, 0.29) is 6.10 Å². The zero-order valence-corrected chi connectivity index (χ0v) is 10.2. The van der Waals surface area contributed by atoms with Crippen molar-refractivity contribution in [1.29, 1.82) is 0 Å². The van der Waals surface area contributed by atoms with Crippen LogP contribution in [0.3, 0.4) is 0 Å². The van der Waals surface area contributed by atoms with Crippen molar-refractivity contribution in [3.8, 4) is 5.75 Å². The van der Waals surface area contributed by atoms with Crippen LogP contribution < -0.4 is 4.74 Å². The lowest BCUT2D eigenvalue weighted by Gasteiger charge is -2.14. The minimum Gasteiger partial charge on any atom is -0.497 e. The molecule has 94 valence electrons. The third-order valence-corrected chi connectivity index (χ3v) is 2.36. The maximum atomic E-state index is 10.4. The van der Waals surface area contributed by atoms with E-state index in [4.69, 9.17) is 14.2 Å². The molecule has 0 amide bonds. The highest BCUT2D eigenvalue weighted by atomic mass is 16.5. The average Bonchev–Trinajstić information content (AvgIpc) is 2.37. The lowest BCUT2D eigenvalue weighted by Crippen LogP contribution is -2.19. The van der Waals surface area contributed by atoms with Crippen molar-refractivity contribution in [2.75, 3.05) is 20.8 Å². The maximum Gasteiger partial charge on any atom is 0.122 e. The van der Waals surface area contributed by atoms with E-state index >= 15 is 0 Å². The van der Waals surface area contributed by atoms with Gasteiger partial charge < -0.3 is 19.0 Å². The number of methoxy groups -OCH3 is 2. The predicted molar refractivity (Wildman–Crippen MR) is 64.1 cm³/mol. The molecule has 4 heteroatoms. The minimum absolute atomic E-state index is 0.181. The van der Waals surface area contributed by atoms with Gasteiger partial charge in [-0.1, -0.05) is 12.1 Å². The summed E-state index contributed by atoms with van der Waals surface area (Å²) in [7, 11) is 3.22. The Labute approximate surface area is 101 Å². The largest absolute Gasteiger partial charge is 0.497 e. The summed E-state index contributed by atoms with van der Waals surface area (Å²) in [5.41, 5.74) is 1.04. The summed E-state index contributed by atoms with van der Waals surface area (Å²) in [6.07, 6.45) is 1.02. The summed E-state index contributed by atoms with van der Waals surface area (Å²) >= 11 is 0. The van der Waals surface area contributed by atoms with Crippen LogP contribution in [0.25, 0.3) is 0 Å². The lowest BCUT2D eigenvalue weighted by molar-refractivity contribution is -0.112. The van der Waals surface area contributed by atoms with Gasteiger partial charge in [-0.25, -0.2) is 0 Å². The van der Waals surface area contributed by atoms with Crippen molar-refractivity contribution in [2.45, 2.75) is 19.1 Å². The number of carbonyl (C=O) groups excluding carboxylic acids is 1. The molecule has 17 heavy (non-hydrogen) atoms. The van der Waals surface area contributed by atoms with Crippen LogP contribution in [-0.2, 0) is 20.9 Å². The standard InChI is InChI=1S/C13H18O4/c1-15-10-13(7-8-14)17-9-11-3-5-12(16-2)6-4-11/h3-6,8,13H,7,9-10H2,1-2H3/t13-/m1/s1.